The Morgan fingerprint density at radius 1 is 1.17 bits per heavy atom. The molecule has 0 aliphatic heterocycles. The SMILES string of the molecule is CCCCCn1c(C(=O)Nc2ccc(Cl)cc2-c2nn[nH]n2)cc2ccccc21. The molecule has 0 aliphatic rings. The fourth-order valence-electron chi connectivity index (χ4n) is 3.43. The highest BCUT2D eigenvalue weighted by Crippen LogP contribution is 2.29. The number of hydrogen-bond donors (Lipinski definition) is 2. The van der Waals surface area contributed by atoms with Crippen LogP contribution in [0.25, 0.3) is 22.3 Å². The van der Waals surface area contributed by atoms with Gasteiger partial charge in [-0.1, -0.05) is 49.6 Å². The number of aromatic amines is 1. The van der Waals surface area contributed by atoms with Gasteiger partial charge in [0.1, 0.15) is 5.69 Å². The molecule has 4 rings (SSSR count). The van der Waals surface area contributed by atoms with Crippen LogP contribution in [0.2, 0.25) is 5.02 Å². The summed E-state index contributed by atoms with van der Waals surface area (Å²) in [6.07, 6.45) is 3.26. The Hall–Kier alpha value is -3.19. The van der Waals surface area contributed by atoms with E-state index in [0.29, 0.717) is 27.8 Å². The summed E-state index contributed by atoms with van der Waals surface area (Å²) in [6.45, 7) is 2.96. The smallest absolute Gasteiger partial charge is 0.272 e. The Morgan fingerprint density at radius 2 is 2.03 bits per heavy atom. The molecular weight excluding hydrogens is 388 g/mol. The number of carbonyl (C=O) groups excluding carboxylic acids is 1. The zero-order valence-electron chi connectivity index (χ0n) is 16.0. The fraction of sp³-hybridized carbons (Fsp3) is 0.238. The molecule has 7 nitrogen and oxygen atoms in total. The molecule has 0 radical (unpaired) electrons. The summed E-state index contributed by atoms with van der Waals surface area (Å²) in [4.78, 5) is 13.2. The number of benzene rings is 2. The zero-order chi connectivity index (χ0) is 20.2. The van der Waals surface area contributed by atoms with Gasteiger partial charge in [0.15, 0.2) is 0 Å². The number of rotatable bonds is 7. The summed E-state index contributed by atoms with van der Waals surface area (Å²) in [6, 6.07) is 15.1. The fourth-order valence-corrected chi connectivity index (χ4v) is 3.60. The Morgan fingerprint density at radius 3 is 2.83 bits per heavy atom. The summed E-state index contributed by atoms with van der Waals surface area (Å²) in [5, 5.41) is 18.6. The van der Waals surface area contributed by atoms with Crippen LogP contribution >= 0.6 is 11.6 Å². The highest BCUT2D eigenvalue weighted by Gasteiger charge is 2.18. The van der Waals surface area contributed by atoms with E-state index in [0.717, 1.165) is 36.7 Å². The summed E-state index contributed by atoms with van der Waals surface area (Å²) in [5.41, 5.74) is 2.86. The van der Waals surface area contributed by atoms with E-state index in [4.69, 9.17) is 11.6 Å². The number of hydrogen-bond acceptors (Lipinski definition) is 4. The molecule has 0 saturated heterocycles. The zero-order valence-corrected chi connectivity index (χ0v) is 16.8. The highest BCUT2D eigenvalue weighted by molar-refractivity contribution is 6.31. The number of fused-ring (bicyclic) bond motifs is 1. The van der Waals surface area contributed by atoms with E-state index in [-0.39, 0.29) is 5.91 Å². The largest absolute Gasteiger partial charge is 0.336 e. The van der Waals surface area contributed by atoms with Gasteiger partial charge in [-0.15, -0.1) is 10.2 Å². The second kappa shape index (κ2) is 8.45. The van der Waals surface area contributed by atoms with Crippen molar-refractivity contribution in [1.82, 2.24) is 25.2 Å². The summed E-state index contributed by atoms with van der Waals surface area (Å²) in [5.74, 6) is 0.177. The molecular formula is C21H21ClN6O. The van der Waals surface area contributed by atoms with Gasteiger partial charge in [-0.25, -0.2) is 0 Å². The maximum absolute atomic E-state index is 13.2. The number of nitrogens with zero attached hydrogens (tertiary/aromatic N) is 4. The average Bonchev–Trinajstić information content (AvgIpc) is 3.38. The first kappa shape index (κ1) is 19.1. The van der Waals surface area contributed by atoms with Gasteiger partial charge in [-0.2, -0.15) is 5.21 Å². The Kier molecular flexibility index (Phi) is 5.57. The number of nitrogens with one attached hydrogen (secondary N) is 2. The number of H-pyrrole nitrogens is 1. The number of amides is 1. The van der Waals surface area contributed by atoms with Crippen LogP contribution in [-0.4, -0.2) is 31.1 Å². The van der Waals surface area contributed by atoms with Crippen molar-refractivity contribution in [3.8, 4) is 11.4 Å². The maximum atomic E-state index is 13.2. The quantitative estimate of drug-likeness (QED) is 0.425. The van der Waals surface area contributed by atoms with Gasteiger partial charge in [0.25, 0.3) is 5.91 Å². The van der Waals surface area contributed by atoms with E-state index in [9.17, 15) is 4.79 Å². The summed E-state index contributed by atoms with van der Waals surface area (Å²) in [7, 11) is 0. The van der Waals surface area contributed by atoms with Crippen LogP contribution in [0.1, 0.15) is 36.7 Å². The number of aryl methyl sites for hydroxylation is 1. The van der Waals surface area contributed by atoms with Crippen molar-refractivity contribution in [2.75, 3.05) is 5.32 Å². The standard InChI is InChI=1S/C21H21ClN6O/c1-2-3-6-11-28-18-8-5-4-7-14(18)12-19(28)21(29)23-17-10-9-15(22)13-16(17)20-24-26-27-25-20/h4-5,7-10,12-13H,2-3,6,11H2,1H3,(H,23,29)(H,24,25,26,27). The number of para-hydroxylation sites is 1. The number of halogens is 1. The second-order valence-electron chi connectivity index (χ2n) is 6.83. The molecule has 2 aromatic heterocycles. The van der Waals surface area contributed by atoms with Crippen molar-refractivity contribution in [2.45, 2.75) is 32.7 Å². The van der Waals surface area contributed by atoms with Crippen LogP contribution in [0, 0.1) is 0 Å². The summed E-state index contributed by atoms with van der Waals surface area (Å²) < 4.78 is 2.09. The van der Waals surface area contributed by atoms with E-state index in [1.807, 2.05) is 30.3 Å². The van der Waals surface area contributed by atoms with Gasteiger partial charge in [0, 0.05) is 28.0 Å². The molecule has 0 fully saturated rings. The van der Waals surface area contributed by atoms with Crippen LogP contribution in [0.15, 0.2) is 48.5 Å². The molecule has 0 spiro atoms. The Bertz CT molecular complexity index is 1140. The lowest BCUT2D eigenvalue weighted by Gasteiger charge is -2.13. The van der Waals surface area contributed by atoms with Crippen molar-refractivity contribution in [3.63, 3.8) is 0 Å². The van der Waals surface area contributed by atoms with E-state index in [2.05, 4.69) is 37.4 Å². The van der Waals surface area contributed by atoms with Gasteiger partial charge in [0.2, 0.25) is 5.82 Å². The molecule has 148 valence electrons. The Labute approximate surface area is 173 Å². The van der Waals surface area contributed by atoms with Crippen molar-refractivity contribution in [3.05, 3.63) is 59.2 Å². The van der Waals surface area contributed by atoms with E-state index in [1.54, 1.807) is 18.2 Å². The lowest BCUT2D eigenvalue weighted by atomic mass is 10.1. The lowest BCUT2D eigenvalue weighted by Crippen LogP contribution is -2.17. The molecule has 8 heteroatoms. The molecule has 0 unspecified atom stereocenters. The molecule has 29 heavy (non-hydrogen) atoms. The molecule has 0 bridgehead atoms. The van der Waals surface area contributed by atoms with Crippen LogP contribution in [0.4, 0.5) is 5.69 Å². The molecule has 1 amide bonds. The number of carbonyl (C=O) groups is 1. The molecule has 2 heterocycles. The van der Waals surface area contributed by atoms with Crippen molar-refractivity contribution in [1.29, 1.82) is 0 Å². The minimum atomic E-state index is -0.190. The van der Waals surface area contributed by atoms with Crippen LogP contribution < -0.4 is 5.32 Å². The maximum Gasteiger partial charge on any atom is 0.272 e. The van der Waals surface area contributed by atoms with Crippen molar-refractivity contribution >= 4 is 34.1 Å². The number of unbranched alkanes of at least 4 members (excludes halogenated alkanes) is 2. The van der Waals surface area contributed by atoms with E-state index >= 15 is 0 Å². The van der Waals surface area contributed by atoms with Crippen molar-refractivity contribution in [2.24, 2.45) is 0 Å². The van der Waals surface area contributed by atoms with Crippen LogP contribution in [0.3, 0.4) is 0 Å². The predicted molar refractivity (Wildman–Crippen MR) is 114 cm³/mol. The van der Waals surface area contributed by atoms with Gasteiger partial charge in [-0.3, -0.25) is 4.79 Å². The van der Waals surface area contributed by atoms with E-state index < -0.39 is 0 Å². The molecule has 0 atom stereocenters. The monoisotopic (exact) mass is 408 g/mol. The Balaban J connectivity index is 1.69. The van der Waals surface area contributed by atoms with Gasteiger partial charge in [0.05, 0.1) is 5.69 Å². The first-order valence-electron chi connectivity index (χ1n) is 9.60. The third-order valence-corrected chi connectivity index (χ3v) is 5.08. The predicted octanol–water partition coefficient (Wildman–Crippen LogP) is 4.92. The first-order valence-corrected chi connectivity index (χ1v) is 9.98. The average molecular weight is 409 g/mol. The molecule has 2 N–H and O–H groups in total. The van der Waals surface area contributed by atoms with Crippen LogP contribution in [0.5, 0.6) is 0 Å². The van der Waals surface area contributed by atoms with Crippen molar-refractivity contribution < 1.29 is 4.79 Å². The normalized spacial score (nSPS) is 11.1. The minimum absolute atomic E-state index is 0.190. The lowest BCUT2D eigenvalue weighted by molar-refractivity contribution is 0.101. The number of aromatic nitrogens is 5. The first-order chi connectivity index (χ1) is 14.2. The second-order valence-corrected chi connectivity index (χ2v) is 7.26. The molecule has 2 aromatic carbocycles. The van der Waals surface area contributed by atoms with Crippen LogP contribution in [-0.2, 0) is 6.54 Å². The highest BCUT2D eigenvalue weighted by atomic mass is 35.5. The van der Waals surface area contributed by atoms with Gasteiger partial charge < -0.3 is 9.88 Å². The molecule has 0 aliphatic carbocycles. The number of anilines is 1. The molecule has 0 saturated carbocycles. The number of tetrazole rings is 1. The third-order valence-electron chi connectivity index (χ3n) is 4.84. The van der Waals surface area contributed by atoms with E-state index in [1.165, 1.54) is 0 Å². The summed E-state index contributed by atoms with van der Waals surface area (Å²) >= 11 is 6.13. The molecule has 4 aromatic rings. The van der Waals surface area contributed by atoms with Gasteiger partial charge in [-0.05, 0) is 42.0 Å². The van der Waals surface area contributed by atoms with Gasteiger partial charge >= 0.3 is 0 Å². The third kappa shape index (κ3) is 4.00. The topological polar surface area (TPSA) is 88.5 Å². The minimum Gasteiger partial charge on any atom is -0.336 e.